The van der Waals surface area contributed by atoms with Crippen molar-refractivity contribution in [2.45, 2.75) is 0 Å². The van der Waals surface area contributed by atoms with Gasteiger partial charge in [-0.3, -0.25) is 0 Å². The largest absolute Gasteiger partial charge is 0.455 e. The number of fused-ring (bicyclic) bond motifs is 6. The molecule has 0 amide bonds. The molecule has 0 aliphatic rings. The Kier molecular flexibility index (Phi) is 7.78. The van der Waals surface area contributed by atoms with Crippen molar-refractivity contribution in [2.75, 3.05) is 0 Å². The summed E-state index contributed by atoms with van der Waals surface area (Å²) in [6, 6.07) is 69.7. The Morgan fingerprint density at radius 1 is 0.333 bits per heavy atom. The molecule has 3 aromatic heterocycles. The summed E-state index contributed by atoms with van der Waals surface area (Å²) in [4.78, 5) is 15.3. The Labute approximate surface area is 329 Å². The molecular formula is C53H33N3O. The monoisotopic (exact) mass is 727 g/mol. The van der Waals surface area contributed by atoms with Crippen LogP contribution < -0.4 is 0 Å². The van der Waals surface area contributed by atoms with E-state index in [1.807, 2.05) is 42.5 Å². The summed E-state index contributed by atoms with van der Waals surface area (Å²) < 4.78 is 6.43. The van der Waals surface area contributed by atoms with E-state index in [2.05, 4.69) is 158 Å². The molecule has 0 fully saturated rings. The van der Waals surface area contributed by atoms with Crippen molar-refractivity contribution in [3.63, 3.8) is 0 Å². The SMILES string of the molecule is c1ccc(-c2nc(-c3ccc(-c4ccc(-c5cccc6c(-c7ccccc7)nc7ccccc7c56)cc4)cc3)cc(-c3cccc4c3oc3ccccc34)n2)cc1. The van der Waals surface area contributed by atoms with Gasteiger partial charge in [0.15, 0.2) is 5.82 Å². The zero-order valence-corrected chi connectivity index (χ0v) is 30.8. The van der Waals surface area contributed by atoms with E-state index >= 15 is 0 Å². The lowest BCUT2D eigenvalue weighted by Gasteiger charge is -2.14. The van der Waals surface area contributed by atoms with Crippen LogP contribution in [0.25, 0.3) is 111 Å². The maximum absolute atomic E-state index is 6.43. The number of furan rings is 1. The van der Waals surface area contributed by atoms with Crippen molar-refractivity contribution in [1.29, 1.82) is 0 Å². The second-order valence-electron chi connectivity index (χ2n) is 14.3. The Bertz CT molecular complexity index is 3260. The van der Waals surface area contributed by atoms with Gasteiger partial charge in [0.1, 0.15) is 11.2 Å². The molecule has 57 heavy (non-hydrogen) atoms. The van der Waals surface area contributed by atoms with Gasteiger partial charge in [0.2, 0.25) is 0 Å². The number of rotatable bonds is 6. The highest BCUT2D eigenvalue weighted by molar-refractivity contribution is 6.17. The Morgan fingerprint density at radius 3 is 1.65 bits per heavy atom. The third-order valence-corrected chi connectivity index (χ3v) is 10.9. The summed E-state index contributed by atoms with van der Waals surface area (Å²) in [5.74, 6) is 0.670. The molecule has 0 saturated carbocycles. The molecule has 0 N–H and O–H groups in total. The molecule has 4 heteroatoms. The lowest BCUT2D eigenvalue weighted by atomic mass is 9.92. The Balaban J connectivity index is 0.969. The third-order valence-electron chi connectivity index (χ3n) is 10.9. The number of benzene rings is 8. The van der Waals surface area contributed by atoms with Crippen LogP contribution in [0, 0.1) is 0 Å². The van der Waals surface area contributed by atoms with E-state index in [1.165, 1.54) is 10.9 Å². The molecule has 11 aromatic rings. The van der Waals surface area contributed by atoms with Crippen molar-refractivity contribution in [1.82, 2.24) is 15.0 Å². The van der Waals surface area contributed by atoms with Gasteiger partial charge >= 0.3 is 0 Å². The standard InChI is InChI=1S/C53H33N3O/c1-3-13-38(14-4-1)51-45-22-11-19-40(50(45)43-18-7-9-23-46(43)54-51)36-29-25-34(26-30-36)35-27-31-37(32-28-35)47-33-48(56-53(55-47)39-15-5-2-6-16-39)44-21-12-20-42-41-17-8-10-24-49(41)57-52(42)44/h1-33H. The molecule has 4 nitrogen and oxygen atoms in total. The van der Waals surface area contributed by atoms with E-state index in [-0.39, 0.29) is 0 Å². The van der Waals surface area contributed by atoms with Crippen LogP contribution in [0.4, 0.5) is 0 Å². The highest BCUT2D eigenvalue weighted by Gasteiger charge is 2.17. The van der Waals surface area contributed by atoms with Crippen molar-refractivity contribution in [3.05, 3.63) is 200 Å². The molecule has 0 saturated heterocycles. The number of hydrogen-bond acceptors (Lipinski definition) is 4. The fraction of sp³-hybridized carbons (Fsp3) is 0. The molecule has 0 atom stereocenters. The lowest BCUT2D eigenvalue weighted by Crippen LogP contribution is -1.96. The van der Waals surface area contributed by atoms with Crippen LogP contribution in [0.1, 0.15) is 0 Å². The van der Waals surface area contributed by atoms with Gasteiger partial charge in [0.25, 0.3) is 0 Å². The van der Waals surface area contributed by atoms with Crippen molar-refractivity contribution >= 4 is 43.6 Å². The molecule has 0 aliphatic heterocycles. The molecule has 0 unspecified atom stereocenters. The summed E-state index contributed by atoms with van der Waals surface area (Å²) in [5, 5.41) is 5.68. The maximum atomic E-state index is 6.43. The number of nitrogens with zero attached hydrogens (tertiary/aromatic N) is 3. The second kappa shape index (κ2) is 13.6. The minimum absolute atomic E-state index is 0.670. The van der Waals surface area contributed by atoms with Crippen LogP contribution in [0.5, 0.6) is 0 Å². The number of aromatic nitrogens is 3. The lowest BCUT2D eigenvalue weighted by molar-refractivity contribution is 0.670. The minimum Gasteiger partial charge on any atom is -0.455 e. The van der Waals surface area contributed by atoms with E-state index in [1.54, 1.807) is 0 Å². The van der Waals surface area contributed by atoms with Gasteiger partial charge in [0.05, 0.1) is 22.6 Å². The fourth-order valence-electron chi connectivity index (χ4n) is 8.13. The Morgan fingerprint density at radius 2 is 0.895 bits per heavy atom. The van der Waals surface area contributed by atoms with Gasteiger partial charge in [-0.2, -0.15) is 0 Å². The van der Waals surface area contributed by atoms with Crippen LogP contribution in [0.15, 0.2) is 205 Å². The third kappa shape index (κ3) is 5.74. The second-order valence-corrected chi connectivity index (χ2v) is 14.3. The predicted octanol–water partition coefficient (Wildman–Crippen LogP) is 14.1. The van der Waals surface area contributed by atoms with Gasteiger partial charge in [0, 0.05) is 49.2 Å². The summed E-state index contributed by atoms with van der Waals surface area (Å²) in [7, 11) is 0. The molecule has 0 spiro atoms. The summed E-state index contributed by atoms with van der Waals surface area (Å²) in [5.41, 5.74) is 14.0. The Hall–Kier alpha value is -7.69. The molecular weight excluding hydrogens is 695 g/mol. The molecule has 3 heterocycles. The number of pyridine rings is 1. The topological polar surface area (TPSA) is 51.8 Å². The zero-order valence-electron chi connectivity index (χ0n) is 30.8. The summed E-state index contributed by atoms with van der Waals surface area (Å²) in [6.45, 7) is 0. The van der Waals surface area contributed by atoms with Crippen LogP contribution in [0.3, 0.4) is 0 Å². The predicted molar refractivity (Wildman–Crippen MR) is 235 cm³/mol. The van der Waals surface area contributed by atoms with Gasteiger partial charge in [-0.25, -0.2) is 15.0 Å². The minimum atomic E-state index is 0.670. The quantitative estimate of drug-likeness (QED) is 0.160. The van der Waals surface area contributed by atoms with Crippen molar-refractivity contribution < 1.29 is 4.42 Å². The van der Waals surface area contributed by atoms with Crippen LogP contribution >= 0.6 is 0 Å². The summed E-state index contributed by atoms with van der Waals surface area (Å²) in [6.07, 6.45) is 0. The van der Waals surface area contributed by atoms with Gasteiger partial charge in [-0.05, 0) is 46.5 Å². The van der Waals surface area contributed by atoms with Gasteiger partial charge in [-0.15, -0.1) is 0 Å². The average Bonchev–Trinajstić information content (AvgIpc) is 3.68. The first-order valence-electron chi connectivity index (χ1n) is 19.2. The molecule has 266 valence electrons. The number of para-hydroxylation sites is 3. The van der Waals surface area contributed by atoms with Gasteiger partial charge in [-0.1, -0.05) is 176 Å². The van der Waals surface area contributed by atoms with E-state index in [0.717, 1.165) is 94.3 Å². The zero-order chi connectivity index (χ0) is 37.7. The van der Waals surface area contributed by atoms with E-state index in [4.69, 9.17) is 19.4 Å². The smallest absolute Gasteiger partial charge is 0.160 e. The molecule has 0 radical (unpaired) electrons. The van der Waals surface area contributed by atoms with E-state index in [0.29, 0.717) is 5.82 Å². The van der Waals surface area contributed by atoms with E-state index < -0.39 is 0 Å². The molecule has 0 aliphatic carbocycles. The highest BCUT2D eigenvalue weighted by atomic mass is 16.3. The molecule has 0 bridgehead atoms. The van der Waals surface area contributed by atoms with Crippen LogP contribution in [-0.4, -0.2) is 15.0 Å². The van der Waals surface area contributed by atoms with Gasteiger partial charge < -0.3 is 4.42 Å². The first kappa shape index (κ1) is 32.7. The first-order chi connectivity index (χ1) is 28.2. The van der Waals surface area contributed by atoms with Crippen molar-refractivity contribution in [2.24, 2.45) is 0 Å². The molecule has 8 aromatic carbocycles. The fourth-order valence-corrected chi connectivity index (χ4v) is 8.13. The maximum Gasteiger partial charge on any atom is 0.160 e. The molecule has 11 rings (SSSR count). The van der Waals surface area contributed by atoms with Crippen LogP contribution in [0.2, 0.25) is 0 Å². The van der Waals surface area contributed by atoms with E-state index in [9.17, 15) is 0 Å². The first-order valence-corrected chi connectivity index (χ1v) is 19.2. The summed E-state index contributed by atoms with van der Waals surface area (Å²) >= 11 is 0. The number of hydrogen-bond donors (Lipinski definition) is 0. The van der Waals surface area contributed by atoms with Crippen LogP contribution in [-0.2, 0) is 0 Å². The normalized spacial score (nSPS) is 11.5. The average molecular weight is 728 g/mol. The van der Waals surface area contributed by atoms with Crippen molar-refractivity contribution in [3.8, 4) is 67.4 Å². The highest BCUT2D eigenvalue weighted by Crippen LogP contribution is 2.40.